The van der Waals surface area contributed by atoms with Crippen LogP contribution in [0.5, 0.6) is 5.75 Å². The largest absolute Gasteiger partial charge is 0.543 e. The van der Waals surface area contributed by atoms with E-state index in [4.69, 9.17) is 10.8 Å². The lowest BCUT2D eigenvalue weighted by Gasteiger charge is -2.36. The van der Waals surface area contributed by atoms with Gasteiger partial charge in [-0.2, -0.15) is 0 Å². The van der Waals surface area contributed by atoms with Crippen LogP contribution < -0.4 is 4.43 Å². The van der Waals surface area contributed by atoms with E-state index in [0.717, 1.165) is 28.0 Å². The third-order valence-corrected chi connectivity index (χ3v) is 9.73. The van der Waals surface area contributed by atoms with Gasteiger partial charge in [-0.05, 0) is 41.4 Å². The van der Waals surface area contributed by atoms with Crippen LogP contribution in [0.4, 0.5) is 0 Å². The second-order valence-electron chi connectivity index (χ2n) is 7.97. The van der Waals surface area contributed by atoms with E-state index >= 15 is 0 Å². The normalized spacial score (nSPS) is 19.4. The molecule has 0 bridgehead atoms. The van der Waals surface area contributed by atoms with Crippen molar-refractivity contribution in [3.63, 3.8) is 0 Å². The van der Waals surface area contributed by atoms with E-state index in [2.05, 4.69) is 39.8 Å². The molecule has 2 nitrogen and oxygen atoms in total. The molecule has 3 rings (SSSR count). The molecule has 0 fully saturated rings. The van der Waals surface area contributed by atoms with Crippen LogP contribution >= 0.6 is 0 Å². The van der Waals surface area contributed by atoms with E-state index in [1.54, 1.807) is 0 Å². The van der Waals surface area contributed by atoms with Crippen LogP contribution in [-0.2, 0) is 5.60 Å². The second kappa shape index (κ2) is 5.24. The maximum Gasteiger partial charge on any atom is 0.250 e. The minimum absolute atomic E-state index is 0.128. The van der Waals surface area contributed by atoms with Crippen molar-refractivity contribution in [3.8, 4) is 29.2 Å². The fourth-order valence-corrected chi connectivity index (χ4v) is 3.93. The second-order valence-corrected chi connectivity index (χ2v) is 12.7. The Kier molecular flexibility index (Phi) is 3.67. The lowest BCUT2D eigenvalue weighted by atomic mass is 9.92. The molecule has 1 unspecified atom stereocenters. The Balaban J connectivity index is 2.10. The molecule has 1 aliphatic carbocycles. The molecule has 2 aromatic rings. The third-order valence-electron chi connectivity index (χ3n) is 5.38. The first-order valence-electron chi connectivity index (χ1n) is 8.24. The Bertz CT molecular complexity index is 840. The van der Waals surface area contributed by atoms with E-state index in [9.17, 15) is 5.11 Å². The van der Waals surface area contributed by atoms with E-state index in [-0.39, 0.29) is 5.04 Å². The maximum absolute atomic E-state index is 11.0. The molecule has 0 aromatic heterocycles. The van der Waals surface area contributed by atoms with Gasteiger partial charge in [0.15, 0.2) is 5.60 Å². The molecular formula is C21H24O2Si. The van der Waals surface area contributed by atoms with E-state index in [1.165, 1.54) is 0 Å². The predicted molar refractivity (Wildman–Crippen MR) is 102 cm³/mol. The Labute approximate surface area is 145 Å². The summed E-state index contributed by atoms with van der Waals surface area (Å²) in [4.78, 5) is 0. The van der Waals surface area contributed by atoms with Crippen LogP contribution in [0.25, 0.3) is 11.1 Å². The van der Waals surface area contributed by atoms with Crippen LogP contribution in [0, 0.1) is 12.3 Å². The Morgan fingerprint density at radius 3 is 2.29 bits per heavy atom. The van der Waals surface area contributed by atoms with Crippen LogP contribution in [0.1, 0.15) is 31.9 Å². The lowest BCUT2D eigenvalue weighted by Crippen LogP contribution is -2.43. The highest BCUT2D eigenvalue weighted by molar-refractivity contribution is 6.74. The highest BCUT2D eigenvalue weighted by atomic mass is 28.4. The van der Waals surface area contributed by atoms with Gasteiger partial charge in [0, 0.05) is 11.1 Å². The van der Waals surface area contributed by atoms with Crippen molar-refractivity contribution in [1.29, 1.82) is 0 Å². The zero-order valence-electron chi connectivity index (χ0n) is 15.0. The molecule has 1 aliphatic rings. The summed E-state index contributed by atoms with van der Waals surface area (Å²) in [7, 11) is -1.92. The van der Waals surface area contributed by atoms with Gasteiger partial charge in [0.25, 0.3) is 0 Å². The van der Waals surface area contributed by atoms with Gasteiger partial charge < -0.3 is 9.53 Å². The van der Waals surface area contributed by atoms with E-state index < -0.39 is 13.9 Å². The minimum Gasteiger partial charge on any atom is -0.543 e. The molecule has 0 saturated heterocycles. The monoisotopic (exact) mass is 336 g/mol. The third kappa shape index (κ3) is 2.38. The Morgan fingerprint density at radius 2 is 1.67 bits per heavy atom. The zero-order valence-corrected chi connectivity index (χ0v) is 16.0. The summed E-state index contributed by atoms with van der Waals surface area (Å²) in [5.41, 5.74) is 2.11. The zero-order chi connectivity index (χ0) is 17.8. The highest BCUT2D eigenvalue weighted by Gasteiger charge is 2.42. The van der Waals surface area contributed by atoms with Gasteiger partial charge in [0.1, 0.15) is 5.75 Å². The average molecular weight is 337 g/mol. The van der Waals surface area contributed by atoms with Crippen LogP contribution in [0.3, 0.4) is 0 Å². The number of hydrogen-bond donors (Lipinski definition) is 1. The molecule has 3 heteroatoms. The lowest BCUT2D eigenvalue weighted by molar-refractivity contribution is 0.150. The number of fused-ring (bicyclic) bond motifs is 3. The summed E-state index contributed by atoms with van der Waals surface area (Å²) >= 11 is 0. The molecule has 1 N–H and O–H groups in total. The van der Waals surface area contributed by atoms with Gasteiger partial charge >= 0.3 is 0 Å². The Morgan fingerprint density at radius 1 is 1.04 bits per heavy atom. The number of benzene rings is 2. The van der Waals surface area contributed by atoms with E-state index in [1.807, 2.05) is 42.5 Å². The summed E-state index contributed by atoms with van der Waals surface area (Å²) < 4.78 is 6.41. The molecule has 0 amide bonds. The first-order chi connectivity index (χ1) is 11.1. The van der Waals surface area contributed by atoms with Gasteiger partial charge in [0.05, 0.1) is 0 Å². The maximum atomic E-state index is 11.0. The fourth-order valence-electron chi connectivity index (χ4n) is 2.91. The minimum atomic E-state index is -1.92. The summed E-state index contributed by atoms with van der Waals surface area (Å²) in [5.74, 6) is 3.41. The standard InChI is InChI=1S/C21H24O2Si/c1-7-21(22)18-11-9-8-10-16(18)17-14-15(12-13-19(17)21)23-24(5,6)20(2,3)4/h1,8-14,22H,2-6H3. The number of hydrogen-bond acceptors (Lipinski definition) is 2. The molecule has 1 atom stereocenters. The topological polar surface area (TPSA) is 29.5 Å². The van der Waals surface area contributed by atoms with Crippen molar-refractivity contribution < 1.29 is 9.53 Å². The van der Waals surface area contributed by atoms with Crippen LogP contribution in [0.15, 0.2) is 42.5 Å². The number of aliphatic hydroxyl groups is 1. The fraction of sp³-hybridized carbons (Fsp3) is 0.333. The van der Waals surface area contributed by atoms with Crippen LogP contribution in [-0.4, -0.2) is 13.4 Å². The first kappa shape index (κ1) is 16.8. The molecule has 0 spiro atoms. The quantitative estimate of drug-likeness (QED) is 0.623. The van der Waals surface area contributed by atoms with Gasteiger partial charge in [-0.25, -0.2) is 0 Å². The summed E-state index contributed by atoms with van der Waals surface area (Å²) in [6.07, 6.45) is 5.67. The SMILES string of the molecule is C#CC1(O)c2ccccc2-c2cc(O[Si](C)(C)C(C)(C)C)ccc21. The van der Waals surface area contributed by atoms with E-state index in [0.29, 0.717) is 0 Å². The van der Waals surface area contributed by atoms with Crippen LogP contribution in [0.2, 0.25) is 18.1 Å². The predicted octanol–water partition coefficient (Wildman–Crippen LogP) is 4.92. The number of terminal acetylenes is 1. The number of rotatable bonds is 2. The van der Waals surface area contributed by atoms with Crippen molar-refractivity contribution in [2.24, 2.45) is 0 Å². The molecule has 2 aromatic carbocycles. The van der Waals surface area contributed by atoms with Gasteiger partial charge in [-0.3, -0.25) is 0 Å². The first-order valence-corrected chi connectivity index (χ1v) is 11.1. The summed E-state index contributed by atoms with van der Waals surface area (Å²) in [6, 6.07) is 13.6. The molecule has 0 saturated carbocycles. The summed E-state index contributed by atoms with van der Waals surface area (Å²) in [6.45, 7) is 11.1. The smallest absolute Gasteiger partial charge is 0.250 e. The van der Waals surface area contributed by atoms with Gasteiger partial charge in [0.2, 0.25) is 8.32 Å². The van der Waals surface area contributed by atoms with Crippen molar-refractivity contribution >= 4 is 8.32 Å². The molecule has 24 heavy (non-hydrogen) atoms. The average Bonchev–Trinajstić information content (AvgIpc) is 2.76. The van der Waals surface area contributed by atoms with Gasteiger partial charge in [-0.15, -0.1) is 6.42 Å². The molecule has 0 heterocycles. The Hall–Kier alpha value is -2.02. The molecule has 124 valence electrons. The van der Waals surface area contributed by atoms with Crippen molar-refractivity contribution in [1.82, 2.24) is 0 Å². The summed E-state index contributed by atoms with van der Waals surface area (Å²) in [5, 5.41) is 11.1. The molecule has 0 radical (unpaired) electrons. The van der Waals surface area contributed by atoms with Crippen molar-refractivity contribution in [2.45, 2.75) is 44.5 Å². The molecule has 0 aliphatic heterocycles. The van der Waals surface area contributed by atoms with Gasteiger partial charge in [-0.1, -0.05) is 57.0 Å². The van der Waals surface area contributed by atoms with Crippen molar-refractivity contribution in [2.75, 3.05) is 0 Å². The van der Waals surface area contributed by atoms with Crippen molar-refractivity contribution in [3.05, 3.63) is 53.6 Å². The highest BCUT2D eigenvalue weighted by Crippen LogP contribution is 2.48. The molecular weight excluding hydrogens is 312 g/mol.